The predicted molar refractivity (Wildman–Crippen MR) is 137 cm³/mol. The maximum Gasteiger partial charge on any atom is 0.246 e. The topological polar surface area (TPSA) is 118 Å². The number of halogens is 1. The molecule has 0 aliphatic carbocycles. The number of hydrogen-bond acceptors (Lipinski definition) is 9. The molecule has 4 aromatic rings. The fourth-order valence-corrected chi connectivity index (χ4v) is 4.19. The zero-order chi connectivity index (χ0) is 25.1. The first-order chi connectivity index (χ1) is 17.4. The number of pyridine rings is 1. The van der Waals surface area contributed by atoms with Gasteiger partial charge in [0, 0.05) is 31.2 Å². The van der Waals surface area contributed by atoms with Crippen LogP contribution in [0.15, 0.2) is 67.9 Å². The van der Waals surface area contributed by atoms with Gasteiger partial charge in [-0.3, -0.25) is 14.8 Å². The van der Waals surface area contributed by atoms with E-state index in [1.807, 2.05) is 25.1 Å². The Kier molecular flexibility index (Phi) is 6.34. The van der Waals surface area contributed by atoms with E-state index in [1.165, 1.54) is 12.4 Å². The summed E-state index contributed by atoms with van der Waals surface area (Å²) in [5.74, 6) is 1.65. The third-order valence-electron chi connectivity index (χ3n) is 5.66. The molecule has 5 rings (SSSR count). The second kappa shape index (κ2) is 9.74. The van der Waals surface area contributed by atoms with E-state index in [9.17, 15) is 4.79 Å². The average Bonchev–Trinajstić information content (AvgIpc) is 2.87. The molecule has 1 aliphatic rings. The van der Waals surface area contributed by atoms with Crippen LogP contribution in [0.2, 0.25) is 5.02 Å². The Morgan fingerprint density at radius 3 is 2.83 bits per heavy atom. The smallest absolute Gasteiger partial charge is 0.246 e. The molecule has 1 fully saturated rings. The molecule has 1 aliphatic heterocycles. The molecule has 1 amide bonds. The summed E-state index contributed by atoms with van der Waals surface area (Å²) in [6, 6.07) is 9.11. The quantitative estimate of drug-likeness (QED) is 0.345. The maximum absolute atomic E-state index is 11.8. The van der Waals surface area contributed by atoms with Crippen LogP contribution in [-0.2, 0) is 11.4 Å². The SMILES string of the molecule is C=CC(=O)N1CC(C)(Nc2ccc3ncnc(Nc4ccc(OCc5cnccn5)c(Cl)c4)c3n2)C1. The number of hydrogen-bond donors (Lipinski definition) is 2. The van der Waals surface area contributed by atoms with Gasteiger partial charge in [0.1, 0.15) is 30.0 Å². The Morgan fingerprint density at radius 2 is 2.08 bits per heavy atom. The van der Waals surface area contributed by atoms with E-state index in [4.69, 9.17) is 21.3 Å². The first-order valence-corrected chi connectivity index (χ1v) is 11.6. The van der Waals surface area contributed by atoms with Crippen LogP contribution in [0.4, 0.5) is 17.3 Å². The largest absolute Gasteiger partial charge is 0.486 e. The Balaban J connectivity index is 1.31. The fraction of sp³-hybridized carbons (Fsp3) is 0.200. The first-order valence-electron chi connectivity index (χ1n) is 11.2. The number of fused-ring (bicyclic) bond motifs is 1. The van der Waals surface area contributed by atoms with E-state index in [1.54, 1.807) is 35.6 Å². The van der Waals surface area contributed by atoms with E-state index < -0.39 is 0 Å². The zero-order valence-electron chi connectivity index (χ0n) is 19.5. The van der Waals surface area contributed by atoms with Crippen molar-refractivity contribution in [2.45, 2.75) is 19.1 Å². The van der Waals surface area contributed by atoms with Crippen LogP contribution < -0.4 is 15.4 Å². The third-order valence-corrected chi connectivity index (χ3v) is 5.96. The summed E-state index contributed by atoms with van der Waals surface area (Å²) in [6.45, 7) is 6.98. The molecule has 0 bridgehead atoms. The highest BCUT2D eigenvalue weighted by Crippen LogP contribution is 2.31. The zero-order valence-corrected chi connectivity index (χ0v) is 20.2. The molecule has 10 nitrogen and oxygen atoms in total. The van der Waals surface area contributed by atoms with E-state index in [2.05, 4.69) is 37.1 Å². The minimum absolute atomic E-state index is 0.0792. The molecule has 11 heteroatoms. The molecule has 182 valence electrons. The predicted octanol–water partition coefficient (Wildman–Crippen LogP) is 3.99. The van der Waals surface area contributed by atoms with Gasteiger partial charge in [0.25, 0.3) is 0 Å². The summed E-state index contributed by atoms with van der Waals surface area (Å²) < 4.78 is 5.77. The van der Waals surface area contributed by atoms with Crippen molar-refractivity contribution in [2.24, 2.45) is 0 Å². The number of carbonyl (C=O) groups excluding carboxylic acids is 1. The lowest BCUT2D eigenvalue weighted by molar-refractivity contribution is -0.132. The molecule has 0 atom stereocenters. The standard InChI is InChI=1S/C25H23ClN8O2/c1-3-22(35)34-13-25(2,14-34)33-21-7-5-19-23(32-21)24(30-15-29-19)31-16-4-6-20(18(26)10-16)36-12-17-11-27-8-9-28-17/h3-11,15H,1,12-14H2,2H3,(H,32,33)(H,29,30,31). The van der Waals surface area contributed by atoms with Crippen molar-refractivity contribution in [3.63, 3.8) is 0 Å². The number of amides is 1. The monoisotopic (exact) mass is 502 g/mol. The summed E-state index contributed by atoms with van der Waals surface area (Å²) in [7, 11) is 0. The molecule has 4 heterocycles. The molecule has 1 aromatic carbocycles. The highest BCUT2D eigenvalue weighted by atomic mass is 35.5. The normalized spacial score (nSPS) is 14.1. The van der Waals surface area contributed by atoms with E-state index in [0.29, 0.717) is 52.2 Å². The summed E-state index contributed by atoms with van der Waals surface area (Å²) in [5, 5.41) is 7.13. The molecule has 3 aromatic heterocycles. The fourth-order valence-electron chi connectivity index (χ4n) is 3.96. The number of benzene rings is 1. The molecule has 0 saturated carbocycles. The van der Waals surface area contributed by atoms with Crippen LogP contribution in [0.3, 0.4) is 0 Å². The second-order valence-electron chi connectivity index (χ2n) is 8.63. The molecular weight excluding hydrogens is 480 g/mol. The number of ether oxygens (including phenoxy) is 1. The van der Waals surface area contributed by atoms with Crippen molar-refractivity contribution < 1.29 is 9.53 Å². The van der Waals surface area contributed by atoms with Gasteiger partial charge in [-0.25, -0.2) is 15.0 Å². The van der Waals surface area contributed by atoms with Crippen LogP contribution in [0, 0.1) is 0 Å². The average molecular weight is 503 g/mol. The lowest BCUT2D eigenvalue weighted by Gasteiger charge is -2.48. The molecule has 36 heavy (non-hydrogen) atoms. The molecule has 1 saturated heterocycles. The lowest BCUT2D eigenvalue weighted by Crippen LogP contribution is -2.65. The molecule has 0 spiro atoms. The Hall–Kier alpha value is -4.31. The van der Waals surface area contributed by atoms with Crippen molar-refractivity contribution in [3.05, 3.63) is 78.6 Å². The van der Waals surface area contributed by atoms with Crippen LogP contribution in [-0.4, -0.2) is 54.4 Å². The molecular formula is C25H23ClN8O2. The summed E-state index contributed by atoms with van der Waals surface area (Å²) in [5.41, 5.74) is 2.43. The van der Waals surface area contributed by atoms with Gasteiger partial charge in [-0.15, -0.1) is 0 Å². The van der Waals surface area contributed by atoms with E-state index in [0.717, 1.165) is 5.69 Å². The van der Waals surface area contributed by atoms with Crippen molar-refractivity contribution >= 4 is 45.9 Å². The number of likely N-dealkylation sites (tertiary alicyclic amines) is 1. The number of nitrogens with one attached hydrogen (secondary N) is 2. The number of nitrogens with zero attached hydrogens (tertiary/aromatic N) is 6. The highest BCUT2D eigenvalue weighted by molar-refractivity contribution is 6.32. The van der Waals surface area contributed by atoms with Gasteiger partial charge in [0.2, 0.25) is 5.91 Å². The van der Waals surface area contributed by atoms with Gasteiger partial charge in [-0.05, 0) is 43.3 Å². The summed E-state index contributed by atoms with van der Waals surface area (Å²) >= 11 is 6.45. The van der Waals surface area contributed by atoms with Gasteiger partial charge in [-0.1, -0.05) is 18.2 Å². The summed E-state index contributed by atoms with van der Waals surface area (Å²) in [4.78, 5) is 35.2. The van der Waals surface area contributed by atoms with E-state index >= 15 is 0 Å². The molecule has 0 radical (unpaired) electrons. The molecule has 2 N–H and O–H groups in total. The summed E-state index contributed by atoms with van der Waals surface area (Å²) in [6.07, 6.45) is 7.66. The van der Waals surface area contributed by atoms with Crippen molar-refractivity contribution in [1.29, 1.82) is 0 Å². The Bertz CT molecular complexity index is 1430. The minimum Gasteiger partial charge on any atom is -0.486 e. The Labute approximate surface area is 212 Å². The maximum atomic E-state index is 11.8. The number of anilines is 3. The second-order valence-corrected chi connectivity index (χ2v) is 9.03. The van der Waals surface area contributed by atoms with Gasteiger partial charge in [-0.2, -0.15) is 0 Å². The number of rotatable bonds is 8. The lowest BCUT2D eigenvalue weighted by atomic mass is 9.92. The van der Waals surface area contributed by atoms with Crippen LogP contribution in [0.1, 0.15) is 12.6 Å². The van der Waals surface area contributed by atoms with Crippen molar-refractivity contribution in [3.8, 4) is 5.75 Å². The van der Waals surface area contributed by atoms with Gasteiger partial charge in [0.15, 0.2) is 5.82 Å². The van der Waals surface area contributed by atoms with Gasteiger partial charge in [0.05, 0.1) is 28.0 Å². The minimum atomic E-state index is -0.280. The van der Waals surface area contributed by atoms with Gasteiger partial charge >= 0.3 is 0 Å². The highest BCUT2D eigenvalue weighted by Gasteiger charge is 2.40. The van der Waals surface area contributed by atoms with Crippen molar-refractivity contribution in [1.82, 2.24) is 29.8 Å². The molecule has 0 unspecified atom stereocenters. The third kappa shape index (κ3) is 5.03. The van der Waals surface area contributed by atoms with E-state index in [-0.39, 0.29) is 18.1 Å². The van der Waals surface area contributed by atoms with Crippen LogP contribution in [0.5, 0.6) is 5.75 Å². The van der Waals surface area contributed by atoms with Crippen LogP contribution in [0.25, 0.3) is 11.0 Å². The first kappa shape index (κ1) is 23.4. The van der Waals surface area contributed by atoms with Gasteiger partial charge < -0.3 is 20.3 Å². The number of carbonyl (C=O) groups is 1. The van der Waals surface area contributed by atoms with Crippen molar-refractivity contribution in [2.75, 3.05) is 23.7 Å². The number of aromatic nitrogens is 5. The van der Waals surface area contributed by atoms with Crippen LogP contribution >= 0.6 is 11.6 Å². The Morgan fingerprint density at radius 1 is 1.22 bits per heavy atom.